The SMILES string of the molecule is COSI.O=CC1COCCO1. The highest BCUT2D eigenvalue weighted by molar-refractivity contribution is 14.2. The van der Waals surface area contributed by atoms with Crippen LogP contribution in [0.1, 0.15) is 0 Å². The smallest absolute Gasteiger partial charge is 0.151 e. The second-order valence-corrected chi connectivity index (χ2v) is 3.39. The second-order valence-electron chi connectivity index (χ2n) is 1.85. The Bertz CT molecular complexity index is 106. The maximum absolute atomic E-state index is 9.95. The number of aldehydes is 1. The predicted molar refractivity (Wildman–Crippen MR) is 55.2 cm³/mol. The number of hydrogen-bond acceptors (Lipinski definition) is 5. The Morgan fingerprint density at radius 2 is 2.33 bits per heavy atom. The summed E-state index contributed by atoms with van der Waals surface area (Å²) in [5.41, 5.74) is 0. The highest BCUT2D eigenvalue weighted by atomic mass is 127. The van der Waals surface area contributed by atoms with E-state index in [0.717, 1.165) is 6.29 Å². The Labute approximate surface area is 88.1 Å². The molecule has 0 N–H and O–H groups in total. The third kappa shape index (κ3) is 7.29. The first-order chi connectivity index (χ1) is 5.85. The lowest BCUT2D eigenvalue weighted by atomic mass is 10.4. The van der Waals surface area contributed by atoms with Gasteiger partial charge in [0, 0.05) is 21.2 Å². The van der Waals surface area contributed by atoms with Crippen molar-refractivity contribution >= 4 is 36.7 Å². The zero-order chi connectivity index (χ0) is 9.23. The van der Waals surface area contributed by atoms with Gasteiger partial charge in [0.15, 0.2) is 6.29 Å². The van der Waals surface area contributed by atoms with E-state index in [2.05, 4.69) is 4.18 Å². The summed E-state index contributed by atoms with van der Waals surface area (Å²) in [5.74, 6) is 0. The standard InChI is InChI=1S/C5H8O3.CH3IOS/c6-3-5-4-7-1-2-8-5;1-3-4-2/h3,5H,1-2,4H2;1H3. The molecule has 1 rings (SSSR count). The summed E-state index contributed by atoms with van der Waals surface area (Å²) in [6, 6.07) is 0. The molecule has 4 nitrogen and oxygen atoms in total. The number of halogens is 1. The first-order valence-electron chi connectivity index (χ1n) is 3.31. The van der Waals surface area contributed by atoms with Gasteiger partial charge in [0.2, 0.25) is 0 Å². The molecule has 1 fully saturated rings. The van der Waals surface area contributed by atoms with E-state index in [0.29, 0.717) is 19.8 Å². The van der Waals surface area contributed by atoms with Crippen LogP contribution in [0.5, 0.6) is 0 Å². The van der Waals surface area contributed by atoms with Crippen molar-refractivity contribution in [2.75, 3.05) is 26.9 Å². The van der Waals surface area contributed by atoms with Gasteiger partial charge in [0.05, 0.1) is 36.1 Å². The van der Waals surface area contributed by atoms with E-state index in [-0.39, 0.29) is 6.10 Å². The number of rotatable bonds is 2. The zero-order valence-corrected chi connectivity index (χ0v) is 9.67. The fourth-order valence-corrected chi connectivity index (χ4v) is 0.585. The van der Waals surface area contributed by atoms with Crippen LogP contribution in [0, 0.1) is 0 Å². The van der Waals surface area contributed by atoms with Crippen LogP contribution in [0.3, 0.4) is 0 Å². The van der Waals surface area contributed by atoms with Crippen LogP contribution in [-0.4, -0.2) is 39.3 Å². The lowest BCUT2D eigenvalue weighted by molar-refractivity contribution is -0.133. The van der Waals surface area contributed by atoms with Crippen molar-refractivity contribution in [3.8, 4) is 0 Å². The first kappa shape index (κ1) is 12.6. The van der Waals surface area contributed by atoms with E-state index >= 15 is 0 Å². The molecule has 1 unspecified atom stereocenters. The molecular formula is C6H11IO4S. The van der Waals surface area contributed by atoms with Gasteiger partial charge in [-0.05, 0) is 0 Å². The molecule has 0 aliphatic carbocycles. The van der Waals surface area contributed by atoms with E-state index < -0.39 is 0 Å². The van der Waals surface area contributed by atoms with Crippen molar-refractivity contribution in [1.29, 1.82) is 0 Å². The Morgan fingerprint density at radius 3 is 2.58 bits per heavy atom. The van der Waals surface area contributed by atoms with Crippen LogP contribution in [0.15, 0.2) is 0 Å². The molecule has 1 atom stereocenters. The fourth-order valence-electron chi connectivity index (χ4n) is 0.585. The second kappa shape index (κ2) is 9.72. The molecule has 0 aromatic carbocycles. The van der Waals surface area contributed by atoms with Crippen molar-refractivity contribution in [2.45, 2.75) is 6.10 Å². The summed E-state index contributed by atoms with van der Waals surface area (Å²) >= 11 is 2.05. The van der Waals surface area contributed by atoms with Crippen LogP contribution < -0.4 is 0 Å². The normalized spacial score (nSPS) is 22.3. The molecule has 12 heavy (non-hydrogen) atoms. The summed E-state index contributed by atoms with van der Waals surface area (Å²) in [7, 11) is 2.96. The highest BCUT2D eigenvalue weighted by Crippen LogP contribution is 2.08. The molecule has 0 bridgehead atoms. The monoisotopic (exact) mass is 306 g/mol. The Kier molecular flexibility index (Phi) is 10.2. The van der Waals surface area contributed by atoms with Gasteiger partial charge in [-0.25, -0.2) is 0 Å². The quantitative estimate of drug-likeness (QED) is 0.436. The van der Waals surface area contributed by atoms with Crippen LogP contribution >= 0.6 is 30.4 Å². The third-order valence-corrected chi connectivity index (χ3v) is 2.26. The molecule has 0 aromatic heterocycles. The van der Waals surface area contributed by atoms with Gasteiger partial charge in [-0.3, -0.25) is 0 Å². The molecule has 0 saturated carbocycles. The van der Waals surface area contributed by atoms with Crippen LogP contribution in [-0.2, 0) is 18.5 Å². The van der Waals surface area contributed by atoms with Crippen LogP contribution in [0.2, 0.25) is 0 Å². The summed E-state index contributed by atoms with van der Waals surface area (Å²) in [6.45, 7) is 1.58. The molecule has 0 spiro atoms. The molecule has 72 valence electrons. The van der Waals surface area contributed by atoms with E-state index in [1.54, 1.807) is 7.11 Å². The zero-order valence-electron chi connectivity index (χ0n) is 6.70. The molecule has 1 heterocycles. The molecule has 0 radical (unpaired) electrons. The van der Waals surface area contributed by atoms with Crippen molar-refractivity contribution in [2.24, 2.45) is 0 Å². The molecule has 1 saturated heterocycles. The fraction of sp³-hybridized carbons (Fsp3) is 0.833. The van der Waals surface area contributed by atoms with Crippen molar-refractivity contribution in [1.82, 2.24) is 0 Å². The molecular weight excluding hydrogens is 295 g/mol. The molecule has 6 heteroatoms. The number of ether oxygens (including phenoxy) is 2. The minimum Gasteiger partial charge on any atom is -0.376 e. The summed E-state index contributed by atoms with van der Waals surface area (Å²) in [4.78, 5) is 9.95. The Hall–Kier alpha value is 0.630. The summed E-state index contributed by atoms with van der Waals surface area (Å²) < 4.78 is 14.3. The number of hydrogen-bond donors (Lipinski definition) is 0. The topological polar surface area (TPSA) is 44.8 Å². The lowest BCUT2D eigenvalue weighted by Crippen LogP contribution is -2.29. The maximum atomic E-state index is 9.95. The number of carbonyl (C=O) groups is 1. The van der Waals surface area contributed by atoms with E-state index in [1.165, 1.54) is 9.21 Å². The van der Waals surface area contributed by atoms with E-state index in [4.69, 9.17) is 9.47 Å². The van der Waals surface area contributed by atoms with Crippen molar-refractivity contribution < 1.29 is 18.5 Å². The van der Waals surface area contributed by atoms with Gasteiger partial charge in [-0.1, -0.05) is 0 Å². The molecule has 1 aliphatic heterocycles. The van der Waals surface area contributed by atoms with Gasteiger partial charge in [0.25, 0.3) is 0 Å². The third-order valence-electron chi connectivity index (χ3n) is 1.06. The van der Waals surface area contributed by atoms with E-state index in [1.807, 2.05) is 21.2 Å². The molecule has 1 aliphatic rings. The largest absolute Gasteiger partial charge is 0.376 e. The molecule has 0 amide bonds. The Balaban J connectivity index is 0.000000261. The summed E-state index contributed by atoms with van der Waals surface area (Å²) in [5, 5.41) is 0. The van der Waals surface area contributed by atoms with E-state index in [9.17, 15) is 4.79 Å². The average molecular weight is 306 g/mol. The maximum Gasteiger partial charge on any atom is 0.151 e. The minimum absolute atomic E-state index is 0.316. The van der Waals surface area contributed by atoms with Crippen molar-refractivity contribution in [3.63, 3.8) is 0 Å². The van der Waals surface area contributed by atoms with Gasteiger partial charge < -0.3 is 18.5 Å². The molecule has 0 aromatic rings. The van der Waals surface area contributed by atoms with Gasteiger partial charge in [-0.2, -0.15) is 0 Å². The lowest BCUT2D eigenvalue weighted by Gasteiger charge is -2.17. The summed E-state index contributed by atoms with van der Waals surface area (Å²) in [6.07, 6.45) is 0.447. The predicted octanol–water partition coefficient (Wildman–Crippen LogP) is 1.23. The van der Waals surface area contributed by atoms with Gasteiger partial charge >= 0.3 is 0 Å². The van der Waals surface area contributed by atoms with Crippen molar-refractivity contribution in [3.05, 3.63) is 0 Å². The minimum atomic E-state index is -0.316. The van der Waals surface area contributed by atoms with Crippen LogP contribution in [0.25, 0.3) is 0 Å². The van der Waals surface area contributed by atoms with Crippen LogP contribution in [0.4, 0.5) is 0 Å². The Morgan fingerprint density at radius 1 is 1.67 bits per heavy atom. The van der Waals surface area contributed by atoms with Gasteiger partial charge in [0.1, 0.15) is 6.10 Å². The highest BCUT2D eigenvalue weighted by Gasteiger charge is 2.11. The number of carbonyl (C=O) groups excluding carboxylic acids is 1. The first-order valence-corrected chi connectivity index (χ1v) is 6.59. The van der Waals surface area contributed by atoms with Gasteiger partial charge in [-0.15, -0.1) is 0 Å². The average Bonchev–Trinajstić information content (AvgIpc) is 2.19.